The molecule has 0 aliphatic rings. The summed E-state index contributed by atoms with van der Waals surface area (Å²) in [6.45, 7) is 33.8. The summed E-state index contributed by atoms with van der Waals surface area (Å²) in [6, 6.07) is 52.8. The molecule has 0 atom stereocenters. The van der Waals surface area contributed by atoms with Gasteiger partial charge >= 0.3 is 0 Å². The third-order valence-electron chi connectivity index (χ3n) is 13.3. The van der Waals surface area contributed by atoms with Gasteiger partial charge in [0, 0.05) is 49.8 Å². The van der Waals surface area contributed by atoms with E-state index < -0.39 is 0 Å². The normalized spacial score (nSPS) is 12.7. The summed E-state index contributed by atoms with van der Waals surface area (Å²) in [6.07, 6.45) is 5.62. The number of fused-ring (bicyclic) bond motifs is 3. The quantitative estimate of drug-likeness (QED) is 0.118. The van der Waals surface area contributed by atoms with E-state index >= 15 is 0 Å². The van der Waals surface area contributed by atoms with Gasteiger partial charge in [-0.1, -0.05) is 194 Å². The predicted molar refractivity (Wildman–Crippen MR) is 285 cm³/mol. The van der Waals surface area contributed by atoms with Crippen molar-refractivity contribution in [2.75, 3.05) is 0 Å². The molecule has 0 amide bonds. The molecule has 0 N–H and O–H groups in total. The fourth-order valence-corrected chi connectivity index (χ4v) is 8.87. The molecule has 0 saturated heterocycles. The van der Waals surface area contributed by atoms with Crippen LogP contribution in [0.15, 0.2) is 134 Å². The molecule has 0 spiro atoms. The maximum absolute atomic E-state index is 6.79. The van der Waals surface area contributed by atoms with Crippen molar-refractivity contribution in [3.63, 3.8) is 0 Å². The molecular weight excluding hydrogens is 1040 g/mol. The summed E-state index contributed by atoms with van der Waals surface area (Å²) >= 11 is 0. The van der Waals surface area contributed by atoms with Gasteiger partial charge in [0.15, 0.2) is 5.82 Å². The molecule has 6 nitrogen and oxygen atoms in total. The monoisotopic (exact) mass is 1100 g/mol. The molecular formula is C63H67N5OPt-2. The van der Waals surface area contributed by atoms with Gasteiger partial charge in [0.1, 0.15) is 5.82 Å². The third kappa shape index (κ3) is 10.1. The number of hydrogen-bond donors (Lipinski definition) is 0. The Hall–Kier alpha value is -6.10. The number of benzene rings is 6. The van der Waals surface area contributed by atoms with Crippen molar-refractivity contribution >= 4 is 21.8 Å². The third-order valence-corrected chi connectivity index (χ3v) is 13.3. The smallest absolute Gasteiger partial charge is 0.272 e. The van der Waals surface area contributed by atoms with Crippen molar-refractivity contribution in [2.24, 2.45) is 0 Å². The summed E-state index contributed by atoms with van der Waals surface area (Å²) in [5, 5.41) is 7.72. The number of hydrogen-bond acceptors (Lipinski definition) is 3. The Morgan fingerprint density at radius 2 is 1.10 bits per heavy atom. The molecule has 3 aromatic heterocycles. The molecule has 0 radical (unpaired) electrons. The van der Waals surface area contributed by atoms with Crippen LogP contribution in [0.3, 0.4) is 0 Å². The molecule has 0 aliphatic heterocycles. The SMILES string of the molecule is CC(C)(C)c1cc(-[n+]2[c-]n(-c3[c-]c(Oc4[c-]c5c(cc4)c4cc(C(C)(C)C)ccc4n5-c4cc(C(C)(C)C)ccn4)ccc3)c(-c3cc(C(C)(C)C)ccc3-c3ccccc3)n2)cc(C(C)(C)C)c1.[Pt]. The first-order valence-corrected chi connectivity index (χ1v) is 24.3. The summed E-state index contributed by atoms with van der Waals surface area (Å²) in [7, 11) is 0. The van der Waals surface area contributed by atoms with E-state index in [2.05, 4.69) is 230 Å². The molecule has 9 rings (SSSR count). The van der Waals surface area contributed by atoms with E-state index in [4.69, 9.17) is 14.8 Å². The molecule has 0 unspecified atom stereocenters. The zero-order valence-corrected chi connectivity index (χ0v) is 45.9. The minimum absolute atomic E-state index is 0. The first-order valence-electron chi connectivity index (χ1n) is 24.3. The topological polar surface area (TPSA) is 48.8 Å². The Kier molecular flexibility index (Phi) is 13.1. The average Bonchev–Trinajstić information content (AvgIpc) is 3.87. The second-order valence-corrected chi connectivity index (χ2v) is 23.9. The first-order chi connectivity index (χ1) is 32.3. The maximum atomic E-state index is 6.79. The first kappa shape index (κ1) is 50.3. The van der Waals surface area contributed by atoms with Crippen LogP contribution in [0.25, 0.3) is 61.5 Å². The van der Waals surface area contributed by atoms with Gasteiger partial charge < -0.3 is 13.9 Å². The van der Waals surface area contributed by atoms with Crippen LogP contribution in [-0.4, -0.2) is 19.2 Å². The molecule has 0 aliphatic carbocycles. The van der Waals surface area contributed by atoms with Crippen molar-refractivity contribution in [2.45, 2.75) is 131 Å². The molecule has 362 valence electrons. The Morgan fingerprint density at radius 1 is 0.500 bits per heavy atom. The van der Waals surface area contributed by atoms with E-state index in [9.17, 15) is 0 Å². The van der Waals surface area contributed by atoms with Gasteiger partial charge in [0.2, 0.25) is 0 Å². The molecule has 0 saturated carbocycles. The van der Waals surface area contributed by atoms with Crippen LogP contribution in [0, 0.1) is 18.5 Å². The number of pyridine rings is 1. The second kappa shape index (κ2) is 18.3. The van der Waals surface area contributed by atoms with Crippen LogP contribution in [0.2, 0.25) is 0 Å². The van der Waals surface area contributed by atoms with Crippen LogP contribution in [0.5, 0.6) is 11.5 Å². The van der Waals surface area contributed by atoms with Crippen molar-refractivity contribution in [1.82, 2.24) is 19.2 Å². The Bertz CT molecular complexity index is 3340. The maximum Gasteiger partial charge on any atom is 0.272 e. The van der Waals surface area contributed by atoms with Gasteiger partial charge in [-0.15, -0.1) is 34.8 Å². The van der Waals surface area contributed by atoms with E-state index in [-0.39, 0.29) is 48.1 Å². The number of nitrogens with zero attached hydrogens (tertiary/aromatic N) is 5. The van der Waals surface area contributed by atoms with Crippen LogP contribution in [-0.2, 0) is 48.1 Å². The van der Waals surface area contributed by atoms with Crippen LogP contribution in [0.4, 0.5) is 0 Å². The Labute approximate surface area is 431 Å². The minimum Gasteiger partial charge on any atom is -0.510 e. The van der Waals surface area contributed by atoms with Gasteiger partial charge in [0.25, 0.3) is 6.33 Å². The molecule has 0 bridgehead atoms. The zero-order valence-electron chi connectivity index (χ0n) is 43.7. The van der Waals surface area contributed by atoms with Gasteiger partial charge in [-0.3, -0.25) is 0 Å². The molecule has 70 heavy (non-hydrogen) atoms. The van der Waals surface area contributed by atoms with Gasteiger partial charge in [-0.05, 0) is 89.6 Å². The van der Waals surface area contributed by atoms with Gasteiger partial charge in [-0.2, -0.15) is 22.9 Å². The average molecular weight is 1110 g/mol. The van der Waals surface area contributed by atoms with Crippen molar-refractivity contribution in [1.29, 1.82) is 0 Å². The summed E-state index contributed by atoms with van der Waals surface area (Å²) in [5.41, 5.74) is 12.7. The number of rotatable bonds is 7. The van der Waals surface area contributed by atoms with Crippen LogP contribution >= 0.6 is 0 Å². The Balaban J connectivity index is 0.00000659. The van der Waals surface area contributed by atoms with Crippen molar-refractivity contribution < 1.29 is 30.5 Å². The zero-order chi connectivity index (χ0) is 49.4. The summed E-state index contributed by atoms with van der Waals surface area (Å²) in [5.74, 6) is 2.71. The van der Waals surface area contributed by atoms with E-state index in [1.807, 2.05) is 39.7 Å². The second-order valence-electron chi connectivity index (χ2n) is 23.9. The molecule has 3 heterocycles. The largest absolute Gasteiger partial charge is 0.510 e. The summed E-state index contributed by atoms with van der Waals surface area (Å²) in [4.78, 5) is 4.94. The van der Waals surface area contributed by atoms with Crippen molar-refractivity contribution in [3.05, 3.63) is 180 Å². The van der Waals surface area contributed by atoms with E-state index in [1.165, 1.54) is 27.8 Å². The minimum atomic E-state index is -0.104. The predicted octanol–water partition coefficient (Wildman–Crippen LogP) is 15.7. The molecule has 6 aromatic carbocycles. The number of aromatic nitrogens is 5. The van der Waals surface area contributed by atoms with Crippen LogP contribution < -0.4 is 9.42 Å². The van der Waals surface area contributed by atoms with Crippen LogP contribution in [0.1, 0.15) is 132 Å². The fourth-order valence-electron chi connectivity index (χ4n) is 8.87. The van der Waals surface area contributed by atoms with Gasteiger partial charge in [-0.25, -0.2) is 4.98 Å². The Morgan fingerprint density at radius 3 is 1.74 bits per heavy atom. The van der Waals surface area contributed by atoms with E-state index in [0.717, 1.165) is 61.5 Å². The number of ether oxygens (including phenoxy) is 1. The van der Waals surface area contributed by atoms with Gasteiger partial charge in [0.05, 0.1) is 5.69 Å². The molecule has 9 aromatic rings. The molecule has 0 fully saturated rings. The standard InChI is InChI=1S/C63H67N5O.Pt/c1-59(2,3)42-24-27-51(41-20-17-16-18-21-41)54(36-42)58-65-67(48-33-45(62(10,11)12)32-46(34-48)63(13,14)15)40-66(58)47-22-19-23-49(38-47)69-50-26-28-52-53-35-43(60(4,5)6)25-29-55(53)68(56(52)39-50)57-37-44(30-31-64-57)61(7,8)9;/h16-37H,1-15H3;/q-2;. The van der Waals surface area contributed by atoms with E-state index in [1.54, 1.807) is 0 Å². The fraction of sp³-hybridized carbons (Fsp3) is 0.317. The van der Waals surface area contributed by atoms with Crippen molar-refractivity contribution in [3.8, 4) is 51.2 Å². The van der Waals surface area contributed by atoms with E-state index in [0.29, 0.717) is 11.5 Å². The summed E-state index contributed by atoms with van der Waals surface area (Å²) < 4.78 is 13.0. The molecule has 7 heteroatoms.